The van der Waals surface area contributed by atoms with Gasteiger partial charge < -0.3 is 10.3 Å². The van der Waals surface area contributed by atoms with Gasteiger partial charge in [-0.05, 0) is 77.4 Å². The van der Waals surface area contributed by atoms with E-state index in [2.05, 4.69) is 28.5 Å². The lowest BCUT2D eigenvalue weighted by Crippen LogP contribution is -2.45. The summed E-state index contributed by atoms with van der Waals surface area (Å²) in [5.41, 5.74) is 4.07. The number of carbonyl (C=O) groups is 1. The summed E-state index contributed by atoms with van der Waals surface area (Å²) in [5.74, 6) is -0.842. The number of carbonyl (C=O) groups excluding carboxylic acids is 1. The molecule has 5 rings (SSSR count). The highest BCUT2D eigenvalue weighted by atomic mass is 32.2. The van der Waals surface area contributed by atoms with Crippen molar-refractivity contribution in [3.63, 3.8) is 0 Å². The largest absolute Gasteiger partial charge is 0.361 e. The lowest BCUT2D eigenvalue weighted by molar-refractivity contribution is -0.124. The molecule has 4 aromatic rings. The quantitative estimate of drug-likeness (QED) is 0.431. The highest BCUT2D eigenvalue weighted by Crippen LogP contribution is 2.27. The van der Waals surface area contributed by atoms with Gasteiger partial charge in [0, 0.05) is 24.8 Å². The summed E-state index contributed by atoms with van der Waals surface area (Å²) < 4.78 is 40.5. The van der Waals surface area contributed by atoms with Crippen LogP contribution < -0.4 is 5.32 Å². The molecule has 1 aliphatic heterocycles. The minimum absolute atomic E-state index is 0.0136. The number of hydrogen-bond acceptors (Lipinski definition) is 3. The first-order valence-corrected chi connectivity index (χ1v) is 12.6. The molecule has 1 amide bonds. The average Bonchev–Trinajstić information content (AvgIpc) is 3.53. The minimum Gasteiger partial charge on any atom is -0.361 e. The Labute approximate surface area is 197 Å². The molecule has 174 valence electrons. The smallest absolute Gasteiger partial charge is 0.243 e. The molecular formula is C26H24FN3O3S. The number of aromatic nitrogens is 1. The minimum atomic E-state index is -3.89. The van der Waals surface area contributed by atoms with Gasteiger partial charge in [-0.1, -0.05) is 30.3 Å². The number of rotatable bonds is 6. The fourth-order valence-electron chi connectivity index (χ4n) is 4.43. The van der Waals surface area contributed by atoms with Gasteiger partial charge in [0.05, 0.1) is 4.90 Å². The SMILES string of the molecule is O=C(NCc1cccc(-c2ccc3cc[nH]c3c2)c1)C1CCCN1S(=O)(=O)c1ccc(F)cc1. The highest BCUT2D eigenvalue weighted by Gasteiger charge is 2.39. The number of nitrogens with zero attached hydrogens (tertiary/aromatic N) is 1. The van der Waals surface area contributed by atoms with Gasteiger partial charge in [0.2, 0.25) is 15.9 Å². The van der Waals surface area contributed by atoms with Crippen molar-refractivity contribution in [2.24, 2.45) is 0 Å². The molecule has 6 nitrogen and oxygen atoms in total. The van der Waals surface area contributed by atoms with Crippen LogP contribution in [0.5, 0.6) is 0 Å². The van der Waals surface area contributed by atoms with E-state index in [0.29, 0.717) is 19.4 Å². The summed E-state index contributed by atoms with van der Waals surface area (Å²) in [5, 5.41) is 4.04. The summed E-state index contributed by atoms with van der Waals surface area (Å²) in [6, 6.07) is 20.0. The van der Waals surface area contributed by atoms with Gasteiger partial charge in [0.25, 0.3) is 0 Å². The maximum atomic E-state index is 13.2. The molecule has 1 saturated heterocycles. The Balaban J connectivity index is 1.29. The third-order valence-electron chi connectivity index (χ3n) is 6.21. The second-order valence-electron chi connectivity index (χ2n) is 8.43. The van der Waals surface area contributed by atoms with Crippen LogP contribution in [0.15, 0.2) is 83.9 Å². The molecular weight excluding hydrogens is 453 g/mol. The zero-order valence-corrected chi connectivity index (χ0v) is 19.2. The topological polar surface area (TPSA) is 82.3 Å². The summed E-state index contributed by atoms with van der Waals surface area (Å²) in [6.45, 7) is 0.548. The number of fused-ring (bicyclic) bond motifs is 1. The number of nitrogens with one attached hydrogen (secondary N) is 2. The van der Waals surface area contributed by atoms with Crippen LogP contribution in [0.2, 0.25) is 0 Å². The zero-order valence-electron chi connectivity index (χ0n) is 18.4. The van der Waals surface area contributed by atoms with Gasteiger partial charge in [0.1, 0.15) is 11.9 Å². The number of halogens is 1. The molecule has 3 aromatic carbocycles. The van der Waals surface area contributed by atoms with Gasteiger partial charge >= 0.3 is 0 Å². The number of aromatic amines is 1. The van der Waals surface area contributed by atoms with Crippen molar-refractivity contribution < 1.29 is 17.6 Å². The standard InChI is InChI=1S/C26H24FN3O3S/c27-22-8-10-23(11-9-22)34(32,33)30-14-2-5-25(30)26(31)29-17-18-3-1-4-20(15-18)21-7-6-19-12-13-28-24(19)16-21/h1,3-4,6-13,15-16,25,28H,2,5,14,17H2,(H,29,31). The molecule has 0 bridgehead atoms. The van der Waals surface area contributed by atoms with Crippen molar-refractivity contribution in [1.29, 1.82) is 0 Å². The molecule has 0 radical (unpaired) electrons. The van der Waals surface area contributed by atoms with E-state index in [1.165, 1.54) is 16.4 Å². The first kappa shape index (κ1) is 22.3. The molecule has 1 aromatic heterocycles. The lowest BCUT2D eigenvalue weighted by atomic mass is 10.0. The number of amides is 1. The van der Waals surface area contributed by atoms with Crippen LogP contribution in [0.3, 0.4) is 0 Å². The van der Waals surface area contributed by atoms with Crippen LogP contribution in [-0.4, -0.2) is 36.2 Å². The zero-order chi connectivity index (χ0) is 23.7. The Morgan fingerprint density at radius 3 is 2.65 bits per heavy atom. The van der Waals surface area contributed by atoms with E-state index in [1.807, 2.05) is 36.5 Å². The van der Waals surface area contributed by atoms with Crippen molar-refractivity contribution in [3.05, 3.63) is 90.4 Å². The first-order valence-electron chi connectivity index (χ1n) is 11.1. The normalized spacial score (nSPS) is 16.7. The third kappa shape index (κ3) is 4.34. The van der Waals surface area contributed by atoms with Crippen molar-refractivity contribution in [2.45, 2.75) is 30.3 Å². The van der Waals surface area contributed by atoms with Gasteiger partial charge in [-0.15, -0.1) is 0 Å². The van der Waals surface area contributed by atoms with Crippen molar-refractivity contribution in [1.82, 2.24) is 14.6 Å². The molecule has 34 heavy (non-hydrogen) atoms. The molecule has 2 heterocycles. The average molecular weight is 478 g/mol. The number of sulfonamides is 1. The Bertz CT molecular complexity index is 1450. The van der Waals surface area contributed by atoms with Crippen LogP contribution in [0.1, 0.15) is 18.4 Å². The predicted molar refractivity (Wildman–Crippen MR) is 129 cm³/mol. The van der Waals surface area contributed by atoms with E-state index in [9.17, 15) is 17.6 Å². The summed E-state index contributed by atoms with van der Waals surface area (Å²) in [6.07, 6.45) is 2.95. The van der Waals surface area contributed by atoms with Crippen LogP contribution in [0, 0.1) is 5.82 Å². The monoisotopic (exact) mass is 477 g/mol. The third-order valence-corrected chi connectivity index (χ3v) is 8.13. The maximum Gasteiger partial charge on any atom is 0.243 e. The van der Waals surface area contributed by atoms with Crippen LogP contribution >= 0.6 is 0 Å². The fraction of sp³-hybridized carbons (Fsp3) is 0.192. The second-order valence-corrected chi connectivity index (χ2v) is 10.3. The molecule has 1 aliphatic rings. The van der Waals surface area contributed by atoms with Gasteiger partial charge in [-0.2, -0.15) is 4.31 Å². The van der Waals surface area contributed by atoms with E-state index in [1.54, 1.807) is 0 Å². The molecule has 1 fully saturated rings. The summed E-state index contributed by atoms with van der Waals surface area (Å²) >= 11 is 0. The highest BCUT2D eigenvalue weighted by molar-refractivity contribution is 7.89. The van der Waals surface area contributed by atoms with Crippen LogP contribution in [0.4, 0.5) is 4.39 Å². The molecule has 0 saturated carbocycles. The molecule has 2 N–H and O–H groups in total. The van der Waals surface area contributed by atoms with Gasteiger partial charge in [-0.3, -0.25) is 4.79 Å². The molecule has 0 aliphatic carbocycles. The van der Waals surface area contributed by atoms with E-state index in [-0.39, 0.29) is 17.3 Å². The van der Waals surface area contributed by atoms with E-state index in [4.69, 9.17) is 0 Å². The Morgan fingerprint density at radius 1 is 1.03 bits per heavy atom. The van der Waals surface area contributed by atoms with Gasteiger partial charge in [-0.25, -0.2) is 12.8 Å². The van der Waals surface area contributed by atoms with Crippen molar-refractivity contribution >= 4 is 26.8 Å². The van der Waals surface area contributed by atoms with Crippen molar-refractivity contribution in [2.75, 3.05) is 6.54 Å². The van der Waals surface area contributed by atoms with E-state index >= 15 is 0 Å². The molecule has 1 unspecified atom stereocenters. The van der Waals surface area contributed by atoms with Crippen molar-refractivity contribution in [3.8, 4) is 11.1 Å². The van der Waals surface area contributed by atoms with Crippen LogP contribution in [0.25, 0.3) is 22.0 Å². The molecule has 0 spiro atoms. The first-order chi connectivity index (χ1) is 16.4. The molecule has 8 heteroatoms. The Morgan fingerprint density at radius 2 is 1.82 bits per heavy atom. The fourth-order valence-corrected chi connectivity index (χ4v) is 6.08. The predicted octanol–water partition coefficient (Wildman–Crippen LogP) is 4.44. The number of H-pyrrole nitrogens is 1. The number of hydrogen-bond donors (Lipinski definition) is 2. The number of benzene rings is 3. The van der Waals surface area contributed by atoms with Gasteiger partial charge in [0.15, 0.2) is 0 Å². The molecule has 1 atom stereocenters. The summed E-state index contributed by atoms with van der Waals surface area (Å²) in [4.78, 5) is 16.2. The van der Waals surface area contributed by atoms with Crippen LogP contribution in [-0.2, 0) is 21.4 Å². The van der Waals surface area contributed by atoms with E-state index < -0.39 is 21.9 Å². The maximum absolute atomic E-state index is 13.2. The Kier molecular flexibility index (Phi) is 5.93. The summed E-state index contributed by atoms with van der Waals surface area (Å²) in [7, 11) is -3.89. The Hall–Kier alpha value is -3.49. The lowest BCUT2D eigenvalue weighted by Gasteiger charge is -2.23. The second kappa shape index (κ2) is 9.04. The van der Waals surface area contributed by atoms with E-state index in [0.717, 1.165) is 39.7 Å².